The molecule has 7 nitrogen and oxygen atoms in total. The minimum Gasteiger partial charge on any atom is -0.357 e. The molecule has 2 rings (SSSR count). The molecule has 0 aliphatic heterocycles. The number of hydrogen-bond acceptors (Lipinski definition) is 4. The molecule has 0 radical (unpaired) electrons. The first-order chi connectivity index (χ1) is 14.0. The van der Waals surface area contributed by atoms with Crippen molar-refractivity contribution in [2.45, 2.75) is 19.5 Å². The van der Waals surface area contributed by atoms with E-state index < -0.39 is 28.5 Å². The molecule has 0 aliphatic carbocycles. The van der Waals surface area contributed by atoms with Gasteiger partial charge in [0.25, 0.3) is 0 Å². The van der Waals surface area contributed by atoms with Crippen molar-refractivity contribution in [3.05, 3.63) is 62.7 Å². The standard InChI is InChI=1S/C20H23ClIN3O4S/c1-14(20(27)23-2)24(12-15-4-6-16(21)7-5-15)19(26)13-25(30(3,28)29)18-10-8-17(22)9-11-18/h4-11,14H,12-13H2,1-3H3,(H,23,27). The van der Waals surface area contributed by atoms with E-state index in [1.807, 2.05) is 0 Å². The fourth-order valence-electron chi connectivity index (χ4n) is 2.80. The highest BCUT2D eigenvalue weighted by Gasteiger charge is 2.29. The molecule has 2 aromatic carbocycles. The largest absolute Gasteiger partial charge is 0.357 e. The normalized spacial score (nSPS) is 12.2. The Kier molecular flexibility index (Phi) is 8.51. The van der Waals surface area contributed by atoms with Gasteiger partial charge in [-0.05, 0) is 71.5 Å². The number of halogens is 2. The lowest BCUT2D eigenvalue weighted by molar-refractivity contribution is -0.139. The maximum atomic E-state index is 13.2. The van der Waals surface area contributed by atoms with Crippen molar-refractivity contribution >= 4 is 61.7 Å². The first-order valence-electron chi connectivity index (χ1n) is 9.01. The van der Waals surface area contributed by atoms with Crippen LogP contribution in [-0.4, -0.2) is 51.0 Å². The summed E-state index contributed by atoms with van der Waals surface area (Å²) >= 11 is 8.04. The second-order valence-electron chi connectivity index (χ2n) is 6.68. The Labute approximate surface area is 195 Å². The van der Waals surface area contributed by atoms with Gasteiger partial charge in [0, 0.05) is 22.2 Å². The van der Waals surface area contributed by atoms with Crippen molar-refractivity contribution in [2.24, 2.45) is 0 Å². The van der Waals surface area contributed by atoms with Crippen LogP contribution in [0.3, 0.4) is 0 Å². The van der Waals surface area contributed by atoms with Crippen LogP contribution in [0.2, 0.25) is 5.02 Å². The lowest BCUT2D eigenvalue weighted by Crippen LogP contribution is -2.50. The van der Waals surface area contributed by atoms with E-state index in [2.05, 4.69) is 27.9 Å². The smallest absolute Gasteiger partial charge is 0.244 e. The van der Waals surface area contributed by atoms with Crippen LogP contribution in [0.1, 0.15) is 12.5 Å². The molecule has 0 heterocycles. The quantitative estimate of drug-likeness (QED) is 0.501. The van der Waals surface area contributed by atoms with Gasteiger partial charge in [0.05, 0.1) is 11.9 Å². The van der Waals surface area contributed by atoms with Crippen molar-refractivity contribution in [3.8, 4) is 0 Å². The Hall–Kier alpha value is -1.85. The first-order valence-corrected chi connectivity index (χ1v) is 12.3. The number of carbonyl (C=O) groups excluding carboxylic acids is 2. The summed E-state index contributed by atoms with van der Waals surface area (Å²) in [6.45, 7) is 1.31. The molecule has 0 bridgehead atoms. The summed E-state index contributed by atoms with van der Waals surface area (Å²) < 4.78 is 26.8. The number of sulfonamides is 1. The molecular weight excluding hydrogens is 541 g/mol. The summed E-state index contributed by atoms with van der Waals surface area (Å²) in [5.74, 6) is -0.845. The molecule has 1 unspecified atom stereocenters. The van der Waals surface area contributed by atoms with E-state index in [9.17, 15) is 18.0 Å². The van der Waals surface area contributed by atoms with Crippen molar-refractivity contribution in [1.82, 2.24) is 10.2 Å². The van der Waals surface area contributed by atoms with Crippen molar-refractivity contribution in [2.75, 3.05) is 24.2 Å². The van der Waals surface area contributed by atoms with E-state index in [-0.39, 0.29) is 12.5 Å². The average molecular weight is 564 g/mol. The molecule has 0 saturated heterocycles. The summed E-state index contributed by atoms with van der Waals surface area (Å²) in [6, 6.07) is 12.9. The van der Waals surface area contributed by atoms with Gasteiger partial charge in [-0.3, -0.25) is 13.9 Å². The molecule has 0 fully saturated rings. The van der Waals surface area contributed by atoms with E-state index in [4.69, 9.17) is 11.6 Å². The number of rotatable bonds is 8. The number of nitrogens with one attached hydrogen (secondary N) is 1. The topological polar surface area (TPSA) is 86.8 Å². The molecule has 0 aromatic heterocycles. The van der Waals surface area contributed by atoms with Crippen LogP contribution < -0.4 is 9.62 Å². The molecular formula is C20H23ClIN3O4S. The summed E-state index contributed by atoms with van der Waals surface area (Å²) in [5.41, 5.74) is 1.15. The molecule has 162 valence electrons. The summed E-state index contributed by atoms with van der Waals surface area (Å²) in [7, 11) is -2.24. The number of carbonyl (C=O) groups is 2. The number of benzene rings is 2. The number of amides is 2. The molecule has 30 heavy (non-hydrogen) atoms. The Morgan fingerprint density at radius 2 is 1.67 bits per heavy atom. The highest BCUT2D eigenvalue weighted by atomic mass is 127. The average Bonchev–Trinajstić information content (AvgIpc) is 2.70. The highest BCUT2D eigenvalue weighted by Crippen LogP contribution is 2.20. The van der Waals surface area contributed by atoms with E-state index in [1.165, 1.54) is 11.9 Å². The monoisotopic (exact) mass is 563 g/mol. The van der Waals surface area contributed by atoms with Crippen LogP contribution in [0.15, 0.2) is 48.5 Å². The van der Waals surface area contributed by atoms with Crippen LogP contribution >= 0.6 is 34.2 Å². The van der Waals surface area contributed by atoms with Crippen molar-refractivity contribution < 1.29 is 18.0 Å². The zero-order valence-corrected chi connectivity index (χ0v) is 20.5. The van der Waals surface area contributed by atoms with Crippen LogP contribution in [-0.2, 0) is 26.2 Å². The van der Waals surface area contributed by atoms with Crippen molar-refractivity contribution in [3.63, 3.8) is 0 Å². The Balaban J connectivity index is 2.35. The lowest BCUT2D eigenvalue weighted by Gasteiger charge is -2.31. The summed E-state index contributed by atoms with van der Waals surface area (Å²) in [6.07, 6.45) is 1.05. The van der Waals surface area contributed by atoms with E-state index in [0.29, 0.717) is 10.7 Å². The SMILES string of the molecule is CNC(=O)C(C)N(Cc1ccc(Cl)cc1)C(=O)CN(c1ccc(I)cc1)S(C)(=O)=O. The van der Waals surface area contributed by atoms with E-state index in [1.54, 1.807) is 55.5 Å². The van der Waals surface area contributed by atoms with Gasteiger partial charge in [-0.1, -0.05) is 23.7 Å². The van der Waals surface area contributed by atoms with Crippen LogP contribution in [0.25, 0.3) is 0 Å². The van der Waals surface area contributed by atoms with Gasteiger partial charge < -0.3 is 10.2 Å². The number of hydrogen-bond donors (Lipinski definition) is 1. The number of anilines is 1. The van der Waals surface area contributed by atoms with Gasteiger partial charge >= 0.3 is 0 Å². The van der Waals surface area contributed by atoms with Crippen LogP contribution in [0.5, 0.6) is 0 Å². The van der Waals surface area contributed by atoms with Gasteiger partial charge in [-0.2, -0.15) is 0 Å². The lowest BCUT2D eigenvalue weighted by atomic mass is 10.1. The molecule has 1 N–H and O–H groups in total. The Bertz CT molecular complexity index is 998. The fraction of sp³-hybridized carbons (Fsp3) is 0.300. The van der Waals surface area contributed by atoms with Gasteiger partial charge in [0.15, 0.2) is 0 Å². The number of nitrogens with zero attached hydrogens (tertiary/aromatic N) is 2. The summed E-state index contributed by atoms with van der Waals surface area (Å²) in [5, 5.41) is 3.08. The minimum atomic E-state index is -3.72. The second kappa shape index (κ2) is 10.5. The van der Waals surface area contributed by atoms with Crippen LogP contribution in [0.4, 0.5) is 5.69 Å². The van der Waals surface area contributed by atoms with Gasteiger partial charge in [-0.25, -0.2) is 8.42 Å². The molecule has 2 aromatic rings. The predicted octanol–water partition coefficient (Wildman–Crippen LogP) is 2.87. The summed E-state index contributed by atoms with van der Waals surface area (Å²) in [4.78, 5) is 26.8. The maximum absolute atomic E-state index is 13.2. The molecule has 0 spiro atoms. The molecule has 2 amide bonds. The van der Waals surface area contributed by atoms with Crippen molar-refractivity contribution in [1.29, 1.82) is 0 Å². The molecule has 0 saturated carbocycles. The third-order valence-electron chi connectivity index (χ3n) is 4.47. The zero-order valence-electron chi connectivity index (χ0n) is 16.8. The van der Waals surface area contributed by atoms with E-state index >= 15 is 0 Å². The molecule has 1 atom stereocenters. The zero-order chi connectivity index (χ0) is 22.5. The van der Waals surface area contributed by atoms with Crippen LogP contribution in [0, 0.1) is 3.57 Å². The second-order valence-corrected chi connectivity index (χ2v) is 10.3. The van der Waals surface area contributed by atoms with Gasteiger partial charge in [-0.15, -0.1) is 0 Å². The number of likely N-dealkylation sites (N-methyl/N-ethyl adjacent to an activating group) is 1. The minimum absolute atomic E-state index is 0.134. The highest BCUT2D eigenvalue weighted by molar-refractivity contribution is 14.1. The van der Waals surface area contributed by atoms with E-state index in [0.717, 1.165) is 19.7 Å². The maximum Gasteiger partial charge on any atom is 0.244 e. The van der Waals surface area contributed by atoms with Gasteiger partial charge in [0.2, 0.25) is 21.8 Å². The first kappa shape index (κ1) is 24.4. The Morgan fingerprint density at radius 3 is 2.17 bits per heavy atom. The third-order valence-corrected chi connectivity index (χ3v) is 6.59. The third kappa shape index (κ3) is 6.58. The molecule has 10 heteroatoms. The Morgan fingerprint density at radius 1 is 1.10 bits per heavy atom. The predicted molar refractivity (Wildman–Crippen MR) is 127 cm³/mol. The fourth-order valence-corrected chi connectivity index (χ4v) is 4.13. The molecule has 0 aliphatic rings. The van der Waals surface area contributed by atoms with Gasteiger partial charge in [0.1, 0.15) is 12.6 Å².